The molecule has 2 unspecified atom stereocenters. The maximum atomic E-state index is 15.0. The highest BCUT2D eigenvalue weighted by molar-refractivity contribution is 6.01. The Hall–Kier alpha value is -3.66. The Morgan fingerprint density at radius 2 is 2.11 bits per heavy atom. The Morgan fingerprint density at radius 1 is 1.33 bits per heavy atom. The third-order valence-electron chi connectivity index (χ3n) is 5.99. The van der Waals surface area contributed by atoms with Crippen molar-refractivity contribution < 1.29 is 23.5 Å². The molecule has 0 amide bonds. The Bertz CT molecular complexity index is 1210. The number of ether oxygens (including phenoxy) is 2. The number of aldehydes is 1. The number of rotatable bonds is 8. The number of esters is 1. The summed E-state index contributed by atoms with van der Waals surface area (Å²) in [6.07, 6.45) is 5.16. The van der Waals surface area contributed by atoms with Gasteiger partial charge in [0, 0.05) is 30.1 Å². The molecule has 1 aliphatic carbocycles. The van der Waals surface area contributed by atoms with Gasteiger partial charge in [0.05, 0.1) is 36.6 Å². The van der Waals surface area contributed by atoms with Crippen LogP contribution in [0, 0.1) is 12.7 Å². The fourth-order valence-corrected chi connectivity index (χ4v) is 4.03. The largest absolute Gasteiger partial charge is 0.461 e. The van der Waals surface area contributed by atoms with Crippen molar-refractivity contribution in [3.8, 4) is 11.3 Å². The molecule has 1 aromatic carbocycles. The summed E-state index contributed by atoms with van der Waals surface area (Å²) in [5.74, 6) is -1.18. The van der Waals surface area contributed by atoms with E-state index in [1.165, 1.54) is 18.3 Å². The van der Waals surface area contributed by atoms with Gasteiger partial charge in [-0.25, -0.2) is 19.2 Å². The predicted molar refractivity (Wildman–Crippen MR) is 134 cm³/mol. The number of aliphatic imine (C=N–C) groups is 1. The summed E-state index contributed by atoms with van der Waals surface area (Å²) in [6.45, 7) is 6.13. The number of aromatic nitrogens is 2. The number of carbonyl (C=O) groups excluding carboxylic acids is 2. The van der Waals surface area contributed by atoms with Crippen molar-refractivity contribution in [3.05, 3.63) is 52.6 Å². The molecular weight excluding hydrogens is 465 g/mol. The van der Waals surface area contributed by atoms with E-state index < -0.39 is 17.9 Å². The number of hydrogen-bond acceptors (Lipinski definition) is 9. The van der Waals surface area contributed by atoms with Gasteiger partial charge in [-0.05, 0) is 51.3 Å². The van der Waals surface area contributed by atoms with E-state index in [0.29, 0.717) is 31.0 Å². The summed E-state index contributed by atoms with van der Waals surface area (Å²) in [5.41, 5.74) is 7.08. The molecule has 2 fully saturated rings. The first kappa shape index (κ1) is 25.4. The number of nitrogens with two attached hydrogens (primary N) is 1. The van der Waals surface area contributed by atoms with E-state index in [9.17, 15) is 14.0 Å². The average Bonchev–Trinajstić information content (AvgIpc) is 3.68. The number of hydrogen-bond donors (Lipinski definition) is 1. The number of aryl methyl sites for hydroxylation is 1. The van der Waals surface area contributed by atoms with Gasteiger partial charge in [-0.15, -0.1) is 0 Å². The van der Waals surface area contributed by atoms with Crippen molar-refractivity contribution in [3.63, 3.8) is 0 Å². The lowest BCUT2D eigenvalue weighted by Gasteiger charge is -2.37. The molecule has 1 saturated carbocycles. The molecule has 4 rings (SSSR count). The minimum absolute atomic E-state index is 0.0242. The van der Waals surface area contributed by atoms with E-state index in [1.807, 2.05) is 11.8 Å². The maximum absolute atomic E-state index is 15.0. The third-order valence-corrected chi connectivity index (χ3v) is 5.99. The summed E-state index contributed by atoms with van der Waals surface area (Å²) in [6, 6.07) is 4.92. The topological polar surface area (TPSA) is 120 Å². The molecule has 1 aliphatic heterocycles. The first-order valence-corrected chi connectivity index (χ1v) is 12.0. The van der Waals surface area contributed by atoms with Crippen molar-refractivity contribution in [2.75, 3.05) is 24.6 Å². The molecule has 0 spiro atoms. The normalized spacial score (nSPS) is 20.6. The lowest BCUT2D eigenvalue weighted by molar-refractivity contribution is 0.00663. The van der Waals surface area contributed by atoms with Crippen molar-refractivity contribution in [1.29, 1.82) is 0 Å². The average molecular weight is 496 g/mol. The monoisotopic (exact) mass is 495 g/mol. The van der Waals surface area contributed by atoms with E-state index >= 15 is 0 Å². The summed E-state index contributed by atoms with van der Waals surface area (Å²) in [7, 11) is 0. The Balaban J connectivity index is 1.78. The third kappa shape index (κ3) is 5.59. The van der Waals surface area contributed by atoms with Gasteiger partial charge in [0.2, 0.25) is 5.95 Å². The fourth-order valence-electron chi connectivity index (χ4n) is 4.03. The van der Waals surface area contributed by atoms with Gasteiger partial charge in [0.25, 0.3) is 0 Å². The van der Waals surface area contributed by atoms with Crippen LogP contribution in [-0.4, -0.2) is 66.4 Å². The van der Waals surface area contributed by atoms with Crippen LogP contribution in [0.15, 0.2) is 35.0 Å². The molecule has 2 N–H and O–H groups in total. The zero-order valence-electron chi connectivity index (χ0n) is 20.6. The molecule has 2 aromatic rings. The second-order valence-electron chi connectivity index (χ2n) is 8.97. The first-order valence-electron chi connectivity index (χ1n) is 12.0. The standard InChI is InChI=1S/C26H30FN5O4/c1-4-35-25(34)24-20(14-33)23(19-8-5-15(2)9-21(19)27)30-26(31-24)32-12-16(3)36-22(13-32)17(10-28)11-29-18-6-7-18/h5,8-11,14,16,18,22H,4,6-7,12-13,28H2,1-3H3/b17-10+,29-11?. The quantitative estimate of drug-likeness (QED) is 0.337. The number of benzene rings is 1. The van der Waals surface area contributed by atoms with Gasteiger partial charge in [0.15, 0.2) is 12.0 Å². The second kappa shape index (κ2) is 10.9. The molecule has 1 saturated heterocycles. The highest BCUT2D eigenvalue weighted by atomic mass is 19.1. The van der Waals surface area contributed by atoms with Crippen LogP contribution in [0.5, 0.6) is 0 Å². The second-order valence-corrected chi connectivity index (χ2v) is 8.97. The molecule has 1 aromatic heterocycles. The number of morpholine rings is 1. The zero-order chi connectivity index (χ0) is 25.8. The van der Waals surface area contributed by atoms with Crippen molar-refractivity contribution in [2.24, 2.45) is 10.7 Å². The molecule has 2 heterocycles. The van der Waals surface area contributed by atoms with Crippen LogP contribution in [0.1, 0.15) is 53.1 Å². The number of halogens is 1. The van der Waals surface area contributed by atoms with Crippen LogP contribution in [-0.2, 0) is 9.47 Å². The molecule has 36 heavy (non-hydrogen) atoms. The van der Waals surface area contributed by atoms with Gasteiger partial charge in [-0.3, -0.25) is 9.79 Å². The van der Waals surface area contributed by atoms with E-state index in [2.05, 4.69) is 15.0 Å². The van der Waals surface area contributed by atoms with E-state index in [-0.39, 0.29) is 41.2 Å². The lowest BCUT2D eigenvalue weighted by atomic mass is 10.0. The van der Waals surface area contributed by atoms with Crippen LogP contribution in [0.3, 0.4) is 0 Å². The van der Waals surface area contributed by atoms with Gasteiger partial charge >= 0.3 is 5.97 Å². The highest BCUT2D eigenvalue weighted by Crippen LogP contribution is 2.30. The predicted octanol–water partition coefficient (Wildman–Crippen LogP) is 3.25. The maximum Gasteiger partial charge on any atom is 0.357 e. The molecule has 2 atom stereocenters. The van der Waals surface area contributed by atoms with Crippen LogP contribution >= 0.6 is 0 Å². The van der Waals surface area contributed by atoms with Gasteiger partial charge < -0.3 is 20.1 Å². The van der Waals surface area contributed by atoms with Crippen molar-refractivity contribution in [2.45, 2.75) is 51.9 Å². The SMILES string of the molecule is CCOC(=O)c1nc(N2CC(C)OC(/C(C=NC3CC3)=C/N)C2)nc(-c2ccc(C)cc2F)c1C=O. The van der Waals surface area contributed by atoms with Crippen LogP contribution in [0.4, 0.5) is 10.3 Å². The summed E-state index contributed by atoms with van der Waals surface area (Å²) >= 11 is 0. The van der Waals surface area contributed by atoms with E-state index in [1.54, 1.807) is 26.1 Å². The van der Waals surface area contributed by atoms with Crippen LogP contribution in [0.2, 0.25) is 0 Å². The molecule has 0 radical (unpaired) electrons. The van der Waals surface area contributed by atoms with Crippen molar-refractivity contribution in [1.82, 2.24) is 9.97 Å². The summed E-state index contributed by atoms with van der Waals surface area (Å²) in [5, 5.41) is 0. The molecule has 190 valence electrons. The molecular formula is C26H30FN5O4. The van der Waals surface area contributed by atoms with E-state index in [4.69, 9.17) is 15.2 Å². The first-order chi connectivity index (χ1) is 17.3. The Kier molecular flexibility index (Phi) is 7.73. The van der Waals surface area contributed by atoms with Crippen LogP contribution < -0.4 is 10.6 Å². The number of carbonyl (C=O) groups is 2. The summed E-state index contributed by atoms with van der Waals surface area (Å²) < 4.78 is 26.2. The molecule has 2 aliphatic rings. The number of anilines is 1. The number of nitrogens with zero attached hydrogens (tertiary/aromatic N) is 4. The fraction of sp³-hybridized carbons (Fsp3) is 0.423. The highest BCUT2D eigenvalue weighted by Gasteiger charge is 2.32. The Labute approximate surface area is 209 Å². The van der Waals surface area contributed by atoms with Gasteiger partial charge in [-0.1, -0.05) is 6.07 Å². The smallest absolute Gasteiger partial charge is 0.357 e. The minimum Gasteiger partial charge on any atom is -0.461 e. The van der Waals surface area contributed by atoms with Gasteiger partial charge in [0.1, 0.15) is 11.9 Å². The zero-order valence-corrected chi connectivity index (χ0v) is 20.6. The Morgan fingerprint density at radius 3 is 2.75 bits per heavy atom. The molecule has 0 bridgehead atoms. The molecule has 9 nitrogen and oxygen atoms in total. The van der Waals surface area contributed by atoms with Crippen molar-refractivity contribution >= 4 is 24.4 Å². The van der Waals surface area contributed by atoms with E-state index in [0.717, 1.165) is 18.4 Å². The van der Waals surface area contributed by atoms with Crippen LogP contribution in [0.25, 0.3) is 11.3 Å². The van der Waals surface area contributed by atoms with Gasteiger partial charge in [-0.2, -0.15) is 0 Å². The lowest BCUT2D eigenvalue weighted by Crippen LogP contribution is -2.48. The minimum atomic E-state index is -0.783. The summed E-state index contributed by atoms with van der Waals surface area (Å²) in [4.78, 5) is 40.2. The molecule has 10 heteroatoms.